The second-order valence-corrected chi connectivity index (χ2v) is 5.46. The first-order valence-electron chi connectivity index (χ1n) is 6.86. The van der Waals surface area contributed by atoms with Crippen LogP contribution in [0.2, 0.25) is 5.02 Å². The Bertz CT molecular complexity index is 441. The van der Waals surface area contributed by atoms with Crippen molar-refractivity contribution >= 4 is 11.6 Å². The molecule has 0 aliphatic heterocycles. The summed E-state index contributed by atoms with van der Waals surface area (Å²) in [5.41, 5.74) is 1.12. The number of ether oxygens (including phenoxy) is 3. The number of hydrogen-bond donors (Lipinski definition) is 1. The van der Waals surface area contributed by atoms with Crippen LogP contribution in [0.5, 0.6) is 5.75 Å². The van der Waals surface area contributed by atoms with Gasteiger partial charge >= 0.3 is 0 Å². The van der Waals surface area contributed by atoms with Crippen LogP contribution in [0.3, 0.4) is 0 Å². The number of halogens is 1. The summed E-state index contributed by atoms with van der Waals surface area (Å²) in [5, 5.41) is 3.89. The summed E-state index contributed by atoms with van der Waals surface area (Å²) in [5.74, 6) is 0.720. The summed E-state index contributed by atoms with van der Waals surface area (Å²) in [6, 6.07) is 6.14. The third kappa shape index (κ3) is 3.64. The normalized spacial score (nSPS) is 25.3. The van der Waals surface area contributed by atoms with Gasteiger partial charge in [0.05, 0.1) is 18.2 Å². The summed E-state index contributed by atoms with van der Waals surface area (Å²) in [6.07, 6.45) is 0.982. The van der Waals surface area contributed by atoms with Crippen LogP contribution in [0.4, 0.5) is 0 Å². The van der Waals surface area contributed by atoms with Gasteiger partial charge in [0.15, 0.2) is 0 Å². The predicted octanol–water partition coefficient (Wildman–Crippen LogP) is 2.42. The minimum atomic E-state index is 0.0320. The first-order valence-corrected chi connectivity index (χ1v) is 7.24. The van der Waals surface area contributed by atoms with Crippen LogP contribution in [-0.4, -0.2) is 45.6 Å². The Balaban J connectivity index is 1.94. The molecule has 0 bridgehead atoms. The Morgan fingerprint density at radius 3 is 2.80 bits per heavy atom. The molecule has 3 unspecified atom stereocenters. The Labute approximate surface area is 125 Å². The summed E-state index contributed by atoms with van der Waals surface area (Å²) < 4.78 is 16.8. The van der Waals surface area contributed by atoms with Crippen LogP contribution in [-0.2, 0) is 9.47 Å². The van der Waals surface area contributed by atoms with E-state index in [0.29, 0.717) is 24.3 Å². The largest absolute Gasteiger partial charge is 0.486 e. The molecule has 1 aliphatic carbocycles. The number of hydrogen-bond acceptors (Lipinski definition) is 4. The van der Waals surface area contributed by atoms with Crippen molar-refractivity contribution in [1.82, 2.24) is 5.32 Å². The average Bonchev–Trinajstić information content (AvgIpc) is 2.41. The third-order valence-corrected chi connectivity index (χ3v) is 3.88. The van der Waals surface area contributed by atoms with Gasteiger partial charge in [0, 0.05) is 19.6 Å². The van der Waals surface area contributed by atoms with E-state index in [1.165, 1.54) is 0 Å². The van der Waals surface area contributed by atoms with Crippen LogP contribution in [0.1, 0.15) is 12.0 Å². The van der Waals surface area contributed by atoms with Crippen molar-refractivity contribution in [2.75, 3.05) is 27.4 Å². The SMILES string of the molecule is CNC1CC(Oc2ccc(C)cc2Cl)C1OCCOC. The Morgan fingerprint density at radius 1 is 1.35 bits per heavy atom. The molecule has 0 aromatic heterocycles. The number of methoxy groups -OCH3 is 1. The Kier molecular flexibility index (Phi) is 5.66. The molecule has 1 aromatic carbocycles. The molecule has 1 saturated carbocycles. The minimum Gasteiger partial charge on any atom is -0.486 e. The van der Waals surface area contributed by atoms with Gasteiger partial charge in [-0.05, 0) is 31.7 Å². The number of benzene rings is 1. The highest BCUT2D eigenvalue weighted by molar-refractivity contribution is 6.32. The second kappa shape index (κ2) is 7.27. The lowest BCUT2D eigenvalue weighted by Crippen LogP contribution is -2.60. The highest BCUT2D eigenvalue weighted by atomic mass is 35.5. The summed E-state index contributed by atoms with van der Waals surface area (Å²) in [6.45, 7) is 3.17. The fourth-order valence-corrected chi connectivity index (χ4v) is 2.61. The van der Waals surface area contributed by atoms with Gasteiger partial charge in [-0.25, -0.2) is 0 Å². The number of rotatable bonds is 7. The van der Waals surface area contributed by atoms with Crippen LogP contribution in [0.15, 0.2) is 18.2 Å². The van der Waals surface area contributed by atoms with E-state index in [0.717, 1.165) is 17.7 Å². The van der Waals surface area contributed by atoms with Gasteiger partial charge in [-0.3, -0.25) is 0 Å². The third-order valence-electron chi connectivity index (χ3n) is 3.58. The molecule has 0 heterocycles. The molecule has 1 aliphatic rings. The van der Waals surface area contributed by atoms with Crippen molar-refractivity contribution in [3.63, 3.8) is 0 Å². The topological polar surface area (TPSA) is 39.7 Å². The average molecular weight is 300 g/mol. The van der Waals surface area contributed by atoms with Crippen LogP contribution >= 0.6 is 11.6 Å². The molecule has 1 N–H and O–H groups in total. The molecule has 0 radical (unpaired) electrons. The summed E-state index contributed by atoms with van der Waals surface area (Å²) in [4.78, 5) is 0. The Hall–Kier alpha value is -0.810. The summed E-state index contributed by atoms with van der Waals surface area (Å²) >= 11 is 6.20. The number of nitrogens with one attached hydrogen (secondary N) is 1. The van der Waals surface area contributed by atoms with E-state index in [1.807, 2.05) is 32.2 Å². The van der Waals surface area contributed by atoms with Gasteiger partial charge in [-0.1, -0.05) is 17.7 Å². The van der Waals surface area contributed by atoms with Crippen molar-refractivity contribution in [1.29, 1.82) is 0 Å². The van der Waals surface area contributed by atoms with E-state index in [-0.39, 0.29) is 12.2 Å². The minimum absolute atomic E-state index is 0.0320. The van der Waals surface area contributed by atoms with Gasteiger partial charge in [0.25, 0.3) is 0 Å². The predicted molar refractivity (Wildman–Crippen MR) is 79.7 cm³/mol. The quantitative estimate of drug-likeness (QED) is 0.785. The molecular formula is C15H22ClNO3. The van der Waals surface area contributed by atoms with Crippen LogP contribution in [0.25, 0.3) is 0 Å². The van der Waals surface area contributed by atoms with E-state index in [1.54, 1.807) is 7.11 Å². The molecule has 0 spiro atoms. The van der Waals surface area contributed by atoms with Crippen LogP contribution < -0.4 is 10.1 Å². The molecule has 20 heavy (non-hydrogen) atoms. The Morgan fingerprint density at radius 2 is 2.15 bits per heavy atom. The maximum absolute atomic E-state index is 6.20. The van der Waals surface area contributed by atoms with Gasteiger partial charge in [-0.2, -0.15) is 0 Å². The van der Waals surface area contributed by atoms with Crippen molar-refractivity contribution in [3.05, 3.63) is 28.8 Å². The lowest BCUT2D eigenvalue weighted by atomic mass is 9.85. The molecule has 3 atom stereocenters. The van der Waals surface area contributed by atoms with E-state index in [2.05, 4.69) is 5.32 Å². The van der Waals surface area contributed by atoms with Crippen molar-refractivity contribution < 1.29 is 14.2 Å². The fraction of sp³-hybridized carbons (Fsp3) is 0.600. The zero-order valence-electron chi connectivity index (χ0n) is 12.2. The van der Waals surface area contributed by atoms with Crippen molar-refractivity contribution in [2.45, 2.75) is 31.6 Å². The number of likely N-dealkylation sites (N-methyl/N-ethyl adjacent to an activating group) is 1. The first-order chi connectivity index (χ1) is 9.65. The number of aryl methyl sites for hydroxylation is 1. The highest BCUT2D eigenvalue weighted by Crippen LogP contribution is 2.33. The van der Waals surface area contributed by atoms with Gasteiger partial charge in [0.2, 0.25) is 0 Å². The van der Waals surface area contributed by atoms with Crippen LogP contribution in [0, 0.1) is 6.92 Å². The smallest absolute Gasteiger partial charge is 0.138 e. The van der Waals surface area contributed by atoms with Crippen molar-refractivity contribution in [3.8, 4) is 5.75 Å². The first kappa shape index (κ1) is 15.6. The highest BCUT2D eigenvalue weighted by Gasteiger charge is 2.43. The second-order valence-electron chi connectivity index (χ2n) is 5.05. The maximum Gasteiger partial charge on any atom is 0.138 e. The summed E-state index contributed by atoms with van der Waals surface area (Å²) in [7, 11) is 3.60. The van der Waals surface area contributed by atoms with E-state index < -0.39 is 0 Å². The monoisotopic (exact) mass is 299 g/mol. The lowest BCUT2D eigenvalue weighted by molar-refractivity contribution is -0.114. The van der Waals surface area contributed by atoms with Gasteiger partial charge in [-0.15, -0.1) is 0 Å². The molecule has 0 amide bonds. The molecule has 4 nitrogen and oxygen atoms in total. The van der Waals surface area contributed by atoms with E-state index >= 15 is 0 Å². The fourth-order valence-electron chi connectivity index (χ4n) is 2.33. The molecule has 5 heteroatoms. The molecule has 112 valence electrons. The van der Waals surface area contributed by atoms with E-state index in [4.69, 9.17) is 25.8 Å². The standard InChI is InChI=1S/C15H22ClNO3/c1-10-4-5-13(11(16)8-10)20-14-9-12(17-2)15(14)19-7-6-18-3/h4-5,8,12,14-15,17H,6-7,9H2,1-3H3. The molecule has 1 fully saturated rings. The molecular weight excluding hydrogens is 278 g/mol. The van der Waals surface area contributed by atoms with Gasteiger partial charge in [0.1, 0.15) is 18.0 Å². The molecule has 0 saturated heterocycles. The van der Waals surface area contributed by atoms with Crippen molar-refractivity contribution in [2.24, 2.45) is 0 Å². The van der Waals surface area contributed by atoms with Gasteiger partial charge < -0.3 is 19.5 Å². The maximum atomic E-state index is 6.20. The van der Waals surface area contributed by atoms with E-state index in [9.17, 15) is 0 Å². The zero-order valence-corrected chi connectivity index (χ0v) is 12.9. The molecule has 1 aromatic rings. The molecule has 2 rings (SSSR count). The zero-order chi connectivity index (χ0) is 14.5. The lowest BCUT2D eigenvalue weighted by Gasteiger charge is -2.43.